The van der Waals surface area contributed by atoms with E-state index in [1.54, 1.807) is 17.0 Å². The fourth-order valence-corrected chi connectivity index (χ4v) is 3.70. The molecule has 2 saturated heterocycles. The fourth-order valence-electron chi connectivity index (χ4n) is 3.70. The van der Waals surface area contributed by atoms with E-state index in [1.807, 2.05) is 17.0 Å². The van der Waals surface area contributed by atoms with Crippen molar-refractivity contribution in [3.63, 3.8) is 0 Å². The van der Waals surface area contributed by atoms with Gasteiger partial charge in [0.25, 0.3) is 5.91 Å². The second kappa shape index (κ2) is 8.88. The molecule has 3 amide bonds. The molecule has 1 atom stereocenters. The summed E-state index contributed by atoms with van der Waals surface area (Å²) in [6.07, 6.45) is 4.64. The largest absolute Gasteiger partial charge is 0.481 e. The van der Waals surface area contributed by atoms with Crippen molar-refractivity contribution >= 4 is 17.9 Å². The average molecular weight is 373 g/mol. The highest BCUT2D eigenvalue weighted by molar-refractivity contribution is 5.94. The molecule has 7 heteroatoms. The number of benzene rings is 1. The molecule has 1 aromatic carbocycles. The van der Waals surface area contributed by atoms with Gasteiger partial charge in [-0.1, -0.05) is 12.1 Å². The predicted molar refractivity (Wildman–Crippen MR) is 100 cm³/mol. The number of carboxylic acid groups (broad SMARTS) is 1. The van der Waals surface area contributed by atoms with Crippen LogP contribution in [0.5, 0.6) is 0 Å². The molecule has 0 aliphatic carbocycles. The number of aliphatic carboxylic acids is 1. The lowest BCUT2D eigenvalue weighted by molar-refractivity contribution is -0.143. The van der Waals surface area contributed by atoms with Gasteiger partial charge in [0, 0.05) is 38.3 Å². The van der Waals surface area contributed by atoms with Gasteiger partial charge in [-0.25, -0.2) is 4.79 Å². The third kappa shape index (κ3) is 4.99. The van der Waals surface area contributed by atoms with E-state index in [0.717, 1.165) is 31.5 Å². The van der Waals surface area contributed by atoms with E-state index in [-0.39, 0.29) is 18.5 Å². The van der Waals surface area contributed by atoms with E-state index < -0.39 is 11.9 Å². The molecule has 3 rings (SSSR count). The lowest BCUT2D eigenvalue weighted by Gasteiger charge is -2.30. The zero-order valence-corrected chi connectivity index (χ0v) is 15.5. The van der Waals surface area contributed by atoms with Crippen LogP contribution in [0.1, 0.15) is 48.0 Å². The topological polar surface area (TPSA) is 90.0 Å². The first-order valence-corrected chi connectivity index (χ1v) is 9.68. The summed E-state index contributed by atoms with van der Waals surface area (Å²) in [6, 6.07) is 7.08. The number of piperidine rings is 2. The summed E-state index contributed by atoms with van der Waals surface area (Å²) < 4.78 is 0. The van der Waals surface area contributed by atoms with Crippen LogP contribution in [-0.4, -0.2) is 59.0 Å². The van der Waals surface area contributed by atoms with E-state index in [4.69, 9.17) is 5.11 Å². The van der Waals surface area contributed by atoms with E-state index in [0.29, 0.717) is 31.5 Å². The van der Waals surface area contributed by atoms with Crippen LogP contribution in [0.4, 0.5) is 4.79 Å². The molecule has 0 radical (unpaired) electrons. The molecule has 27 heavy (non-hydrogen) atoms. The van der Waals surface area contributed by atoms with Crippen LogP contribution in [0.15, 0.2) is 24.3 Å². The zero-order valence-electron chi connectivity index (χ0n) is 15.5. The van der Waals surface area contributed by atoms with E-state index in [9.17, 15) is 14.4 Å². The Morgan fingerprint density at radius 2 is 1.63 bits per heavy atom. The minimum Gasteiger partial charge on any atom is -0.481 e. The molecule has 0 bridgehead atoms. The Balaban J connectivity index is 1.50. The Bertz CT molecular complexity index is 683. The van der Waals surface area contributed by atoms with Crippen molar-refractivity contribution < 1.29 is 19.5 Å². The lowest BCUT2D eigenvalue weighted by atomic mass is 9.99. The van der Waals surface area contributed by atoms with Crippen molar-refractivity contribution in [3.8, 4) is 0 Å². The maximum absolute atomic E-state index is 12.5. The predicted octanol–water partition coefficient (Wildman–Crippen LogP) is 2.32. The summed E-state index contributed by atoms with van der Waals surface area (Å²) >= 11 is 0. The number of carbonyl (C=O) groups is 3. The molecule has 2 aliphatic rings. The second-order valence-electron chi connectivity index (χ2n) is 7.33. The smallest absolute Gasteiger partial charge is 0.317 e. The molecule has 2 aliphatic heterocycles. The quantitative estimate of drug-likeness (QED) is 0.847. The van der Waals surface area contributed by atoms with Gasteiger partial charge in [0.05, 0.1) is 5.92 Å². The summed E-state index contributed by atoms with van der Waals surface area (Å²) in [5.74, 6) is -1.26. The molecule has 2 N–H and O–H groups in total. The van der Waals surface area contributed by atoms with Crippen LogP contribution in [0.25, 0.3) is 0 Å². The fraction of sp³-hybridized carbons (Fsp3) is 0.550. The van der Waals surface area contributed by atoms with E-state index >= 15 is 0 Å². The van der Waals surface area contributed by atoms with Crippen molar-refractivity contribution in [2.45, 2.75) is 38.6 Å². The van der Waals surface area contributed by atoms with Crippen molar-refractivity contribution in [3.05, 3.63) is 35.4 Å². The molecule has 146 valence electrons. The molecular formula is C20H27N3O4. The molecule has 0 spiro atoms. The third-order valence-corrected chi connectivity index (χ3v) is 5.35. The first kappa shape index (κ1) is 19.2. The van der Waals surface area contributed by atoms with E-state index in [1.165, 1.54) is 6.42 Å². The molecule has 1 aromatic rings. The highest BCUT2D eigenvalue weighted by Crippen LogP contribution is 2.17. The Morgan fingerprint density at radius 1 is 0.963 bits per heavy atom. The van der Waals surface area contributed by atoms with Crippen molar-refractivity contribution in [1.29, 1.82) is 0 Å². The normalized spacial score (nSPS) is 20.2. The van der Waals surface area contributed by atoms with Crippen molar-refractivity contribution in [1.82, 2.24) is 15.1 Å². The number of hydrogen-bond donors (Lipinski definition) is 2. The zero-order chi connectivity index (χ0) is 19.2. The van der Waals surface area contributed by atoms with Crippen LogP contribution < -0.4 is 5.32 Å². The first-order valence-electron chi connectivity index (χ1n) is 9.68. The van der Waals surface area contributed by atoms with Gasteiger partial charge < -0.3 is 20.2 Å². The number of nitrogens with zero attached hydrogens (tertiary/aromatic N) is 2. The monoisotopic (exact) mass is 373 g/mol. The molecule has 2 fully saturated rings. The number of carboxylic acids is 1. The van der Waals surface area contributed by atoms with Gasteiger partial charge >= 0.3 is 12.0 Å². The standard InChI is InChI=1S/C20H27N3O4/c24-18(22-10-2-1-3-11-22)16-8-6-15(7-9-16)13-21-20(27)23-12-4-5-17(14-23)19(25)26/h6-9,17H,1-5,10-14H2,(H,21,27)(H,25,26). The van der Waals surface area contributed by atoms with Crippen LogP contribution in [0, 0.1) is 5.92 Å². The van der Waals surface area contributed by atoms with Crippen LogP contribution in [0.3, 0.4) is 0 Å². The van der Waals surface area contributed by atoms with Gasteiger partial charge in [0.1, 0.15) is 0 Å². The Morgan fingerprint density at radius 3 is 2.30 bits per heavy atom. The van der Waals surface area contributed by atoms with Gasteiger partial charge in [-0.2, -0.15) is 0 Å². The number of carbonyl (C=O) groups excluding carboxylic acids is 2. The third-order valence-electron chi connectivity index (χ3n) is 5.35. The molecule has 7 nitrogen and oxygen atoms in total. The average Bonchev–Trinajstić information content (AvgIpc) is 2.72. The number of likely N-dealkylation sites (tertiary alicyclic amines) is 2. The van der Waals surface area contributed by atoms with Crippen molar-refractivity contribution in [2.24, 2.45) is 5.92 Å². The minimum atomic E-state index is -0.846. The highest BCUT2D eigenvalue weighted by Gasteiger charge is 2.28. The number of urea groups is 1. The SMILES string of the molecule is O=C(O)C1CCCN(C(=O)NCc2ccc(C(=O)N3CCCCC3)cc2)C1. The maximum atomic E-state index is 12.5. The lowest BCUT2D eigenvalue weighted by Crippen LogP contribution is -2.46. The second-order valence-corrected chi connectivity index (χ2v) is 7.33. The molecular weight excluding hydrogens is 346 g/mol. The Kier molecular flexibility index (Phi) is 6.32. The molecule has 2 heterocycles. The first-order chi connectivity index (χ1) is 13.0. The van der Waals surface area contributed by atoms with Gasteiger partial charge in [0.15, 0.2) is 0 Å². The number of amides is 3. The van der Waals surface area contributed by atoms with Gasteiger partial charge in [0.2, 0.25) is 0 Å². The molecule has 1 unspecified atom stereocenters. The van der Waals surface area contributed by atoms with Crippen LogP contribution in [0.2, 0.25) is 0 Å². The van der Waals surface area contributed by atoms with Crippen molar-refractivity contribution in [2.75, 3.05) is 26.2 Å². The number of nitrogens with one attached hydrogen (secondary N) is 1. The summed E-state index contributed by atoms with van der Waals surface area (Å²) in [6.45, 7) is 2.84. The van der Waals surface area contributed by atoms with E-state index in [2.05, 4.69) is 5.32 Å². The minimum absolute atomic E-state index is 0.0679. The Labute approximate surface area is 159 Å². The number of rotatable bonds is 4. The summed E-state index contributed by atoms with van der Waals surface area (Å²) in [7, 11) is 0. The van der Waals surface area contributed by atoms with Crippen LogP contribution >= 0.6 is 0 Å². The van der Waals surface area contributed by atoms with Gasteiger partial charge in [-0.15, -0.1) is 0 Å². The maximum Gasteiger partial charge on any atom is 0.317 e. The summed E-state index contributed by atoms with van der Waals surface area (Å²) in [5.41, 5.74) is 1.58. The van der Waals surface area contributed by atoms with Gasteiger partial charge in [-0.3, -0.25) is 9.59 Å². The summed E-state index contributed by atoms with van der Waals surface area (Å²) in [4.78, 5) is 39.3. The highest BCUT2D eigenvalue weighted by atomic mass is 16.4. The molecule has 0 saturated carbocycles. The van der Waals surface area contributed by atoms with Gasteiger partial charge in [-0.05, 0) is 49.8 Å². The molecule has 0 aromatic heterocycles. The van der Waals surface area contributed by atoms with Crippen LogP contribution in [-0.2, 0) is 11.3 Å². The Hall–Kier alpha value is -2.57. The summed E-state index contributed by atoms with van der Waals surface area (Å²) in [5, 5.41) is 12.0. The number of hydrogen-bond acceptors (Lipinski definition) is 3.